The molecule has 3 unspecified atom stereocenters. The van der Waals surface area contributed by atoms with Crippen molar-refractivity contribution in [2.45, 2.75) is 12.1 Å². The van der Waals surface area contributed by atoms with Crippen LogP contribution in [0, 0.1) is 5.92 Å². The van der Waals surface area contributed by atoms with Crippen LogP contribution in [-0.2, 0) is 14.3 Å². The molecular weight excluding hydrogens is 268 g/mol. The Balaban J connectivity index is 2.05. The second-order valence-corrected chi connectivity index (χ2v) is 5.05. The molecule has 20 heavy (non-hydrogen) atoms. The highest BCUT2D eigenvalue weighted by molar-refractivity contribution is 5.77. The summed E-state index contributed by atoms with van der Waals surface area (Å²) in [6.07, 6.45) is 0. The average molecular weight is 288 g/mol. The number of amides is 2. The van der Waals surface area contributed by atoms with E-state index in [0.29, 0.717) is 19.8 Å². The fourth-order valence-corrected chi connectivity index (χ4v) is 2.56. The van der Waals surface area contributed by atoms with E-state index in [1.54, 1.807) is 7.05 Å². The summed E-state index contributed by atoms with van der Waals surface area (Å²) in [5.41, 5.74) is 0. The number of aliphatic hydroxyl groups excluding tert-OH is 1. The van der Waals surface area contributed by atoms with Crippen LogP contribution in [0.15, 0.2) is 0 Å². The summed E-state index contributed by atoms with van der Waals surface area (Å²) in [6.45, 7) is 1.25. The first kappa shape index (κ1) is 15.0. The largest absolute Gasteiger partial charge is 0.481 e. The monoisotopic (exact) mass is 288 g/mol. The van der Waals surface area contributed by atoms with Crippen molar-refractivity contribution in [3.8, 4) is 0 Å². The quantitative estimate of drug-likeness (QED) is 0.679. The number of aliphatic hydroxyl groups is 1. The molecule has 0 spiro atoms. The van der Waals surface area contributed by atoms with Gasteiger partial charge in [-0.2, -0.15) is 0 Å². The molecule has 114 valence electrons. The smallest absolute Gasteiger partial charge is 0.320 e. The summed E-state index contributed by atoms with van der Waals surface area (Å²) >= 11 is 0. The van der Waals surface area contributed by atoms with Gasteiger partial charge in [-0.05, 0) is 0 Å². The van der Waals surface area contributed by atoms with Gasteiger partial charge in [0, 0.05) is 13.6 Å². The number of likely N-dealkylation sites (N-methyl/N-ethyl adjacent to an activating group) is 1. The molecule has 8 heteroatoms. The number of carbonyl (C=O) groups excluding carboxylic acids is 1. The maximum Gasteiger partial charge on any atom is 0.320 e. The first-order valence-corrected chi connectivity index (χ1v) is 6.58. The first-order valence-electron chi connectivity index (χ1n) is 6.58. The van der Waals surface area contributed by atoms with Crippen molar-refractivity contribution in [2.24, 2.45) is 5.92 Å². The number of morpholine rings is 1. The topological polar surface area (TPSA) is 99.5 Å². The third kappa shape index (κ3) is 2.87. The van der Waals surface area contributed by atoms with Gasteiger partial charge in [-0.3, -0.25) is 4.79 Å². The molecule has 8 nitrogen and oxygen atoms in total. The van der Waals surface area contributed by atoms with Gasteiger partial charge < -0.3 is 29.5 Å². The van der Waals surface area contributed by atoms with Crippen LogP contribution in [0.4, 0.5) is 4.79 Å². The third-order valence-electron chi connectivity index (χ3n) is 3.85. The number of carbonyl (C=O) groups is 2. The van der Waals surface area contributed by atoms with Crippen molar-refractivity contribution in [1.29, 1.82) is 0 Å². The Labute approximate surface area is 116 Å². The lowest BCUT2D eigenvalue weighted by Gasteiger charge is -2.39. The zero-order chi connectivity index (χ0) is 14.7. The predicted molar refractivity (Wildman–Crippen MR) is 67.3 cm³/mol. The number of ether oxygens (including phenoxy) is 2. The number of rotatable bonds is 3. The molecule has 2 N–H and O–H groups in total. The molecule has 0 aromatic carbocycles. The fourth-order valence-electron chi connectivity index (χ4n) is 2.56. The Kier molecular flexibility index (Phi) is 4.79. The highest BCUT2D eigenvalue weighted by Gasteiger charge is 2.40. The SMILES string of the molecule is CN(C(=O)N1CCOCC1CO)C1COCC1C(=O)O. The van der Waals surface area contributed by atoms with Gasteiger partial charge in [0.1, 0.15) is 5.92 Å². The Morgan fingerprint density at radius 2 is 2.05 bits per heavy atom. The van der Waals surface area contributed by atoms with E-state index in [1.807, 2.05) is 0 Å². The number of hydrogen-bond donors (Lipinski definition) is 2. The normalized spacial score (nSPS) is 30.3. The molecule has 0 saturated carbocycles. The van der Waals surface area contributed by atoms with E-state index < -0.39 is 17.9 Å². The van der Waals surface area contributed by atoms with Crippen molar-refractivity contribution in [1.82, 2.24) is 9.80 Å². The fraction of sp³-hybridized carbons (Fsp3) is 0.833. The summed E-state index contributed by atoms with van der Waals surface area (Å²) in [5.74, 6) is -1.68. The molecular formula is C12H20N2O6. The molecule has 0 aliphatic carbocycles. The van der Waals surface area contributed by atoms with Crippen LogP contribution < -0.4 is 0 Å². The molecule has 2 heterocycles. The first-order chi connectivity index (χ1) is 9.56. The lowest BCUT2D eigenvalue weighted by molar-refractivity contribution is -0.142. The summed E-state index contributed by atoms with van der Waals surface area (Å²) in [7, 11) is 1.57. The lowest BCUT2D eigenvalue weighted by Crippen LogP contribution is -2.57. The van der Waals surface area contributed by atoms with Crippen molar-refractivity contribution in [2.75, 3.05) is 46.6 Å². The van der Waals surface area contributed by atoms with Crippen molar-refractivity contribution in [3.05, 3.63) is 0 Å². The van der Waals surface area contributed by atoms with E-state index >= 15 is 0 Å². The van der Waals surface area contributed by atoms with E-state index in [0.717, 1.165) is 0 Å². The minimum atomic E-state index is -0.965. The van der Waals surface area contributed by atoms with E-state index in [9.17, 15) is 14.7 Å². The van der Waals surface area contributed by atoms with Gasteiger partial charge in [0.05, 0.1) is 45.1 Å². The van der Waals surface area contributed by atoms with Crippen LogP contribution >= 0.6 is 0 Å². The van der Waals surface area contributed by atoms with Crippen molar-refractivity contribution >= 4 is 12.0 Å². The van der Waals surface area contributed by atoms with Gasteiger partial charge in [0.15, 0.2) is 0 Å². The Bertz CT molecular complexity index is 377. The van der Waals surface area contributed by atoms with E-state index in [-0.39, 0.29) is 31.9 Å². The van der Waals surface area contributed by atoms with Gasteiger partial charge in [0.2, 0.25) is 0 Å². The molecule has 2 fully saturated rings. The summed E-state index contributed by atoms with van der Waals surface area (Å²) in [5, 5.41) is 18.4. The minimum Gasteiger partial charge on any atom is -0.481 e. The molecule has 0 bridgehead atoms. The summed E-state index contributed by atoms with van der Waals surface area (Å²) in [6, 6.07) is -1.17. The van der Waals surface area contributed by atoms with Crippen LogP contribution in [0.3, 0.4) is 0 Å². The summed E-state index contributed by atoms with van der Waals surface area (Å²) < 4.78 is 10.4. The van der Waals surface area contributed by atoms with Crippen LogP contribution in [-0.4, -0.2) is 90.7 Å². The third-order valence-corrected chi connectivity index (χ3v) is 3.85. The second-order valence-electron chi connectivity index (χ2n) is 5.05. The lowest BCUT2D eigenvalue weighted by atomic mass is 10.0. The van der Waals surface area contributed by atoms with Gasteiger partial charge in [-0.15, -0.1) is 0 Å². The molecule has 3 atom stereocenters. The predicted octanol–water partition coefficient (Wildman–Crippen LogP) is -1.17. The van der Waals surface area contributed by atoms with E-state index in [4.69, 9.17) is 14.6 Å². The molecule has 0 radical (unpaired) electrons. The number of urea groups is 1. The Morgan fingerprint density at radius 1 is 1.30 bits per heavy atom. The van der Waals surface area contributed by atoms with Gasteiger partial charge in [-0.1, -0.05) is 0 Å². The minimum absolute atomic E-state index is 0.115. The molecule has 2 saturated heterocycles. The Morgan fingerprint density at radius 3 is 2.70 bits per heavy atom. The van der Waals surface area contributed by atoms with Crippen LogP contribution in [0.1, 0.15) is 0 Å². The maximum absolute atomic E-state index is 12.5. The molecule has 0 aromatic heterocycles. The molecule has 2 amide bonds. The molecule has 2 rings (SSSR count). The zero-order valence-corrected chi connectivity index (χ0v) is 11.4. The van der Waals surface area contributed by atoms with Crippen molar-refractivity contribution < 1.29 is 29.3 Å². The van der Waals surface area contributed by atoms with Crippen molar-refractivity contribution in [3.63, 3.8) is 0 Å². The average Bonchev–Trinajstić information content (AvgIpc) is 2.95. The number of carboxylic acids is 1. The second kappa shape index (κ2) is 6.38. The molecule has 2 aliphatic heterocycles. The van der Waals surface area contributed by atoms with E-state index in [2.05, 4.69) is 0 Å². The van der Waals surface area contributed by atoms with Crippen LogP contribution in [0.5, 0.6) is 0 Å². The molecule has 0 aromatic rings. The molecule has 2 aliphatic rings. The summed E-state index contributed by atoms with van der Waals surface area (Å²) in [4.78, 5) is 26.5. The maximum atomic E-state index is 12.5. The zero-order valence-electron chi connectivity index (χ0n) is 11.4. The highest BCUT2D eigenvalue weighted by Crippen LogP contribution is 2.21. The van der Waals surface area contributed by atoms with Crippen LogP contribution in [0.2, 0.25) is 0 Å². The van der Waals surface area contributed by atoms with Gasteiger partial charge in [0.25, 0.3) is 0 Å². The van der Waals surface area contributed by atoms with Gasteiger partial charge >= 0.3 is 12.0 Å². The van der Waals surface area contributed by atoms with E-state index in [1.165, 1.54) is 9.80 Å². The number of aliphatic carboxylic acids is 1. The number of carboxylic acid groups (broad SMARTS) is 1. The Hall–Kier alpha value is -1.38. The highest BCUT2D eigenvalue weighted by atomic mass is 16.5. The van der Waals surface area contributed by atoms with Crippen LogP contribution in [0.25, 0.3) is 0 Å². The number of nitrogens with zero attached hydrogens (tertiary/aromatic N) is 2. The number of hydrogen-bond acceptors (Lipinski definition) is 5. The van der Waals surface area contributed by atoms with Gasteiger partial charge in [-0.25, -0.2) is 4.79 Å². The standard InChI is InChI=1S/C12H20N2O6/c1-13(10-7-20-6-9(10)11(16)17)12(18)14-2-3-19-5-8(14)4-15/h8-10,15H,2-7H2,1H3,(H,16,17).